The molecule has 2 fully saturated rings. The summed E-state index contributed by atoms with van der Waals surface area (Å²) in [7, 11) is -3.55. The molecule has 2 unspecified atom stereocenters. The summed E-state index contributed by atoms with van der Waals surface area (Å²) in [5.41, 5.74) is 1.73. The minimum absolute atomic E-state index is 0.0511. The highest BCUT2D eigenvalue weighted by Gasteiger charge is 2.37. The zero-order valence-corrected chi connectivity index (χ0v) is 20.1. The summed E-state index contributed by atoms with van der Waals surface area (Å²) in [5.74, 6) is -0.0511. The normalized spacial score (nSPS) is 23.9. The van der Waals surface area contributed by atoms with E-state index in [1.165, 1.54) is 8.61 Å². The first kappa shape index (κ1) is 24.0. The van der Waals surface area contributed by atoms with Gasteiger partial charge in [0.1, 0.15) is 0 Å². The van der Waals surface area contributed by atoms with E-state index in [1.807, 2.05) is 38.1 Å². The van der Waals surface area contributed by atoms with Gasteiger partial charge in [-0.25, -0.2) is 0 Å². The second kappa shape index (κ2) is 9.85. The molecule has 9 heteroatoms. The first-order valence-corrected chi connectivity index (χ1v) is 12.6. The Kier molecular flexibility index (Phi) is 7.62. The van der Waals surface area contributed by atoms with Crippen LogP contribution in [0.4, 0.5) is 5.69 Å². The minimum atomic E-state index is -3.55. The molecule has 0 radical (unpaired) electrons. The molecule has 2 atom stereocenters. The van der Waals surface area contributed by atoms with Crippen molar-refractivity contribution < 1.29 is 17.9 Å². The third kappa shape index (κ3) is 5.39. The number of anilines is 1. The largest absolute Gasteiger partial charge is 0.373 e. The molecule has 1 aromatic carbocycles. The number of hydrogen-bond donors (Lipinski definition) is 0. The van der Waals surface area contributed by atoms with E-state index in [0.717, 1.165) is 12.2 Å². The molecule has 31 heavy (non-hydrogen) atoms. The lowest BCUT2D eigenvalue weighted by atomic mass is 10.1. The summed E-state index contributed by atoms with van der Waals surface area (Å²) in [6, 6.07) is 8.08. The summed E-state index contributed by atoms with van der Waals surface area (Å²) in [6.45, 7) is 13.2. The quantitative estimate of drug-likeness (QED) is 0.660. The van der Waals surface area contributed by atoms with Crippen LogP contribution in [0.1, 0.15) is 45.0 Å². The zero-order valence-electron chi connectivity index (χ0n) is 19.3. The van der Waals surface area contributed by atoms with E-state index in [1.54, 1.807) is 4.90 Å². The predicted octanol–water partition coefficient (Wildman–Crippen LogP) is 2.03. The summed E-state index contributed by atoms with van der Waals surface area (Å²) in [5, 5.41) is 0. The Morgan fingerprint density at radius 3 is 2.06 bits per heavy atom. The maximum Gasteiger partial charge on any atom is 0.282 e. The molecule has 3 rings (SSSR count). The van der Waals surface area contributed by atoms with Crippen molar-refractivity contribution in [2.75, 3.05) is 50.7 Å². The Morgan fingerprint density at radius 1 is 1.03 bits per heavy atom. The van der Waals surface area contributed by atoms with Crippen molar-refractivity contribution in [3.63, 3.8) is 0 Å². The predicted molar refractivity (Wildman–Crippen MR) is 123 cm³/mol. The van der Waals surface area contributed by atoms with Crippen LogP contribution in [0.15, 0.2) is 24.3 Å². The number of carbonyl (C=O) groups is 1. The number of piperazine rings is 1. The van der Waals surface area contributed by atoms with Crippen molar-refractivity contribution >= 4 is 21.8 Å². The first-order valence-electron chi connectivity index (χ1n) is 11.2. The summed E-state index contributed by atoms with van der Waals surface area (Å²) < 4.78 is 34.8. The highest BCUT2D eigenvalue weighted by atomic mass is 32.2. The van der Waals surface area contributed by atoms with Gasteiger partial charge in [0.05, 0.1) is 12.2 Å². The molecule has 1 aromatic rings. The molecule has 174 valence electrons. The van der Waals surface area contributed by atoms with Gasteiger partial charge >= 0.3 is 0 Å². The van der Waals surface area contributed by atoms with Gasteiger partial charge in [-0.2, -0.15) is 17.0 Å². The molecule has 0 spiro atoms. The highest BCUT2D eigenvalue weighted by Crippen LogP contribution is 2.21. The van der Waals surface area contributed by atoms with E-state index in [4.69, 9.17) is 4.74 Å². The van der Waals surface area contributed by atoms with Crippen LogP contribution < -0.4 is 4.90 Å². The van der Waals surface area contributed by atoms with E-state index in [9.17, 15) is 13.2 Å². The van der Waals surface area contributed by atoms with Gasteiger partial charge in [0, 0.05) is 63.1 Å². The number of ether oxygens (including phenoxy) is 1. The second-order valence-electron chi connectivity index (χ2n) is 8.70. The Bertz CT molecular complexity index is 841. The van der Waals surface area contributed by atoms with Crippen molar-refractivity contribution in [2.24, 2.45) is 0 Å². The molecule has 0 saturated carbocycles. The third-order valence-electron chi connectivity index (χ3n) is 5.97. The maximum atomic E-state index is 13.1. The van der Waals surface area contributed by atoms with Crippen LogP contribution in [-0.2, 0) is 14.9 Å². The van der Waals surface area contributed by atoms with E-state index in [0.29, 0.717) is 50.9 Å². The molecule has 1 amide bonds. The molecular formula is C22H36N4O4S. The summed E-state index contributed by atoms with van der Waals surface area (Å²) >= 11 is 0. The average Bonchev–Trinajstić information content (AvgIpc) is 2.73. The molecule has 0 N–H and O–H groups in total. The fraction of sp³-hybridized carbons (Fsp3) is 0.682. The van der Waals surface area contributed by atoms with Gasteiger partial charge in [-0.1, -0.05) is 0 Å². The van der Waals surface area contributed by atoms with Crippen LogP contribution in [0, 0.1) is 0 Å². The molecule has 2 heterocycles. The van der Waals surface area contributed by atoms with Gasteiger partial charge in [-0.05, 0) is 58.9 Å². The van der Waals surface area contributed by atoms with Crippen molar-refractivity contribution in [1.82, 2.24) is 13.5 Å². The minimum Gasteiger partial charge on any atom is -0.373 e. The van der Waals surface area contributed by atoms with Gasteiger partial charge in [-0.3, -0.25) is 4.79 Å². The zero-order chi connectivity index (χ0) is 22.8. The molecule has 8 nitrogen and oxygen atoms in total. The average molecular weight is 453 g/mol. The highest BCUT2D eigenvalue weighted by molar-refractivity contribution is 7.86. The monoisotopic (exact) mass is 452 g/mol. The van der Waals surface area contributed by atoms with E-state index in [-0.39, 0.29) is 18.1 Å². The maximum absolute atomic E-state index is 13.1. The van der Waals surface area contributed by atoms with Crippen LogP contribution in [0.25, 0.3) is 0 Å². The standard InChI is InChI=1S/C22H36N4O4S/c1-6-26(17(2)3)21-9-7-20(8-10-21)22(27)23-11-13-24(14-12-23)31(28,29)25-15-18(4)30-19(5)16-25/h7-10,17-19H,6,11-16H2,1-5H3. The van der Waals surface area contributed by atoms with Gasteiger partial charge < -0.3 is 14.5 Å². The lowest BCUT2D eigenvalue weighted by molar-refractivity contribution is -0.0457. The van der Waals surface area contributed by atoms with Crippen molar-refractivity contribution in [1.29, 1.82) is 0 Å². The van der Waals surface area contributed by atoms with Crippen LogP contribution in [0.5, 0.6) is 0 Å². The Labute approximate surface area is 186 Å². The van der Waals surface area contributed by atoms with Crippen LogP contribution in [0.2, 0.25) is 0 Å². The first-order chi connectivity index (χ1) is 14.6. The molecule has 0 aliphatic carbocycles. The fourth-order valence-corrected chi connectivity index (χ4v) is 6.18. The third-order valence-corrected chi connectivity index (χ3v) is 7.94. The number of rotatable bonds is 6. The van der Waals surface area contributed by atoms with Crippen LogP contribution in [0.3, 0.4) is 0 Å². The molecule has 0 bridgehead atoms. The number of hydrogen-bond acceptors (Lipinski definition) is 5. The van der Waals surface area contributed by atoms with Gasteiger partial charge in [0.25, 0.3) is 16.1 Å². The van der Waals surface area contributed by atoms with E-state index in [2.05, 4.69) is 25.7 Å². The van der Waals surface area contributed by atoms with Crippen molar-refractivity contribution in [3.05, 3.63) is 29.8 Å². The number of carbonyl (C=O) groups excluding carboxylic acids is 1. The van der Waals surface area contributed by atoms with Crippen molar-refractivity contribution in [3.8, 4) is 0 Å². The topological polar surface area (TPSA) is 73.4 Å². The molecule has 2 aliphatic rings. The number of benzene rings is 1. The van der Waals surface area contributed by atoms with Gasteiger partial charge in [0.2, 0.25) is 0 Å². The Morgan fingerprint density at radius 2 is 1.58 bits per heavy atom. The van der Waals surface area contributed by atoms with Gasteiger partial charge in [0.15, 0.2) is 0 Å². The molecule has 0 aromatic heterocycles. The number of amides is 1. The Hall–Kier alpha value is -1.68. The number of morpholine rings is 1. The number of nitrogens with zero attached hydrogens (tertiary/aromatic N) is 4. The van der Waals surface area contributed by atoms with E-state index < -0.39 is 10.2 Å². The van der Waals surface area contributed by atoms with Crippen molar-refractivity contribution in [2.45, 2.75) is 52.9 Å². The second-order valence-corrected chi connectivity index (χ2v) is 10.6. The molecule has 2 saturated heterocycles. The molecular weight excluding hydrogens is 416 g/mol. The smallest absolute Gasteiger partial charge is 0.282 e. The Balaban J connectivity index is 1.61. The summed E-state index contributed by atoms with van der Waals surface area (Å²) in [4.78, 5) is 17.0. The van der Waals surface area contributed by atoms with E-state index >= 15 is 0 Å². The van der Waals surface area contributed by atoms with Gasteiger partial charge in [-0.15, -0.1) is 0 Å². The summed E-state index contributed by atoms with van der Waals surface area (Å²) in [6.07, 6.45) is -0.243. The SMILES string of the molecule is CCN(c1ccc(C(=O)N2CCN(S(=O)(=O)N3CC(C)OC(C)C3)CC2)cc1)C(C)C. The van der Waals surface area contributed by atoms with Crippen LogP contribution in [-0.4, -0.2) is 91.9 Å². The lowest BCUT2D eigenvalue weighted by Crippen LogP contribution is -2.57. The lowest BCUT2D eigenvalue weighted by Gasteiger charge is -2.40. The van der Waals surface area contributed by atoms with Crippen LogP contribution >= 0.6 is 0 Å². The fourth-order valence-electron chi connectivity index (χ4n) is 4.43. The molecule has 2 aliphatic heterocycles.